The largest absolute Gasteiger partial charge is 0.453 e. The van der Waals surface area contributed by atoms with Crippen molar-refractivity contribution in [1.29, 1.82) is 5.26 Å². The molecule has 1 saturated carbocycles. The first-order chi connectivity index (χ1) is 27.7. The molecule has 5 aromatic rings. The minimum Gasteiger partial charge on any atom is -0.453 e. The highest BCUT2D eigenvalue weighted by Crippen LogP contribution is 2.58. The lowest BCUT2D eigenvalue weighted by molar-refractivity contribution is -0.135. The zero-order chi connectivity index (χ0) is 40.9. The molecule has 13 heteroatoms. The van der Waals surface area contributed by atoms with Gasteiger partial charge in [0.1, 0.15) is 23.3 Å². The van der Waals surface area contributed by atoms with Gasteiger partial charge in [0.05, 0.1) is 55.0 Å². The number of likely N-dealkylation sites (tertiary alicyclic amines) is 2. The van der Waals surface area contributed by atoms with Gasteiger partial charge >= 0.3 is 12.2 Å². The molecule has 300 valence electrons. The van der Waals surface area contributed by atoms with Crippen LogP contribution in [0.25, 0.3) is 44.4 Å². The quantitative estimate of drug-likeness (QED) is 0.141. The second-order valence-electron chi connectivity index (χ2n) is 17.5. The van der Waals surface area contributed by atoms with E-state index in [1.165, 1.54) is 7.11 Å². The number of alkyl carbamates (subject to hydrolysis) is 1. The molecule has 0 bridgehead atoms. The average molecular weight is 783 g/mol. The summed E-state index contributed by atoms with van der Waals surface area (Å²) in [6, 6.07) is 22.1. The van der Waals surface area contributed by atoms with Crippen molar-refractivity contribution >= 4 is 28.9 Å². The highest BCUT2D eigenvalue weighted by molar-refractivity contribution is 5.91. The number of methoxy groups -OCH3 is 1. The van der Waals surface area contributed by atoms with Crippen LogP contribution < -0.4 is 5.32 Å². The van der Waals surface area contributed by atoms with Crippen LogP contribution in [0.5, 0.6) is 0 Å². The number of hydrogen-bond acceptors (Lipinski definition) is 8. The van der Waals surface area contributed by atoms with Gasteiger partial charge < -0.3 is 29.7 Å². The third kappa shape index (κ3) is 7.75. The van der Waals surface area contributed by atoms with Gasteiger partial charge in [0.25, 0.3) is 0 Å². The van der Waals surface area contributed by atoms with Gasteiger partial charge in [-0.2, -0.15) is 5.26 Å². The molecule has 2 saturated heterocycles. The van der Waals surface area contributed by atoms with Crippen molar-refractivity contribution in [1.82, 2.24) is 35.1 Å². The van der Waals surface area contributed by atoms with Gasteiger partial charge in [-0.25, -0.2) is 19.6 Å². The summed E-state index contributed by atoms with van der Waals surface area (Å²) in [6.45, 7) is 10.3. The summed E-state index contributed by atoms with van der Waals surface area (Å²) >= 11 is 0. The number of fused-ring (bicyclic) bond motifs is 1. The van der Waals surface area contributed by atoms with Crippen LogP contribution >= 0.6 is 0 Å². The Labute approximate surface area is 338 Å². The molecule has 2 aromatic heterocycles. The molecule has 3 fully saturated rings. The molecule has 3 aliphatic rings. The van der Waals surface area contributed by atoms with Gasteiger partial charge in [-0.1, -0.05) is 62.4 Å². The molecule has 3 N–H and O–H groups in total. The van der Waals surface area contributed by atoms with Crippen molar-refractivity contribution in [3.8, 4) is 39.7 Å². The number of benzene rings is 3. The maximum absolute atomic E-state index is 13.9. The summed E-state index contributed by atoms with van der Waals surface area (Å²) in [4.78, 5) is 58.9. The van der Waals surface area contributed by atoms with E-state index < -0.39 is 23.8 Å². The molecule has 2 aliphatic heterocycles. The number of rotatable bonds is 8. The fraction of sp³-hybridized carbons (Fsp3) is 0.422. The zero-order valence-electron chi connectivity index (χ0n) is 33.8. The second-order valence-corrected chi connectivity index (χ2v) is 17.5. The van der Waals surface area contributed by atoms with Crippen LogP contribution in [0.3, 0.4) is 0 Å². The fourth-order valence-electron chi connectivity index (χ4n) is 8.40. The first kappa shape index (κ1) is 38.7. The third-order valence-electron chi connectivity index (χ3n) is 11.8. The monoisotopic (exact) mass is 782 g/mol. The number of nitriles is 1. The van der Waals surface area contributed by atoms with Gasteiger partial charge in [-0.3, -0.25) is 9.69 Å². The Morgan fingerprint density at radius 3 is 2.05 bits per heavy atom. The Hall–Kier alpha value is -6.16. The molecule has 1 aliphatic carbocycles. The van der Waals surface area contributed by atoms with Crippen LogP contribution in [0.2, 0.25) is 0 Å². The number of imidazole rings is 2. The molecule has 8 rings (SSSR count). The van der Waals surface area contributed by atoms with Crippen molar-refractivity contribution in [3.05, 3.63) is 84.7 Å². The number of H-pyrrole nitrogens is 2. The lowest BCUT2D eigenvalue weighted by Crippen LogP contribution is -2.51. The number of carbonyl (C=O) groups excluding carboxylic acids is 3. The summed E-state index contributed by atoms with van der Waals surface area (Å²) < 4.78 is 10.4. The van der Waals surface area contributed by atoms with Crippen LogP contribution in [-0.2, 0) is 14.3 Å². The van der Waals surface area contributed by atoms with E-state index >= 15 is 0 Å². The molecule has 4 atom stereocenters. The maximum Gasteiger partial charge on any atom is 0.410 e. The van der Waals surface area contributed by atoms with Crippen LogP contribution in [0, 0.1) is 28.6 Å². The maximum atomic E-state index is 13.9. The molecule has 0 unspecified atom stereocenters. The molecule has 58 heavy (non-hydrogen) atoms. The molecule has 1 spiro atoms. The van der Waals surface area contributed by atoms with Crippen molar-refractivity contribution in [3.63, 3.8) is 0 Å². The summed E-state index contributed by atoms with van der Waals surface area (Å²) in [5.74, 6) is 0.886. The van der Waals surface area contributed by atoms with Crippen LogP contribution in [0.1, 0.15) is 84.0 Å². The number of nitrogens with one attached hydrogen (secondary N) is 3. The van der Waals surface area contributed by atoms with Crippen molar-refractivity contribution in [2.75, 3.05) is 20.2 Å². The minimum atomic E-state index is -0.687. The smallest absolute Gasteiger partial charge is 0.410 e. The van der Waals surface area contributed by atoms with E-state index in [0.29, 0.717) is 25.3 Å². The first-order valence-electron chi connectivity index (χ1n) is 20.0. The molecule has 0 radical (unpaired) electrons. The second kappa shape index (κ2) is 15.0. The van der Waals surface area contributed by atoms with E-state index in [9.17, 15) is 19.6 Å². The lowest BCUT2D eigenvalue weighted by Gasteiger charge is -2.30. The van der Waals surface area contributed by atoms with Crippen molar-refractivity contribution in [2.45, 2.75) is 84.0 Å². The van der Waals surface area contributed by atoms with E-state index in [-0.39, 0.29) is 35.2 Å². The molecule has 4 heterocycles. The van der Waals surface area contributed by atoms with Gasteiger partial charge in [0.15, 0.2) is 0 Å². The van der Waals surface area contributed by atoms with Crippen molar-refractivity contribution in [2.24, 2.45) is 17.3 Å². The zero-order valence-corrected chi connectivity index (χ0v) is 33.8. The normalized spacial score (nSPS) is 20.3. The van der Waals surface area contributed by atoms with Gasteiger partial charge in [-0.05, 0) is 97.4 Å². The minimum absolute atomic E-state index is 0.105. The highest BCUT2D eigenvalue weighted by Gasteiger charge is 2.55. The fourth-order valence-corrected chi connectivity index (χ4v) is 8.40. The summed E-state index contributed by atoms with van der Waals surface area (Å²) in [7, 11) is 1.30. The Bertz CT molecular complexity index is 2400. The van der Waals surface area contributed by atoms with Crippen LogP contribution in [-0.4, -0.2) is 79.7 Å². The lowest BCUT2D eigenvalue weighted by atomic mass is 9.98. The highest BCUT2D eigenvalue weighted by atomic mass is 16.6. The van der Waals surface area contributed by atoms with Gasteiger partial charge in [-0.15, -0.1) is 0 Å². The number of nitrogens with zero attached hydrogens (tertiary/aromatic N) is 5. The van der Waals surface area contributed by atoms with Crippen LogP contribution in [0.15, 0.2) is 73.1 Å². The van der Waals surface area contributed by atoms with E-state index in [1.54, 1.807) is 11.1 Å². The SMILES string of the molecule is COC(=O)N[C@H](C(=O)N1CC2(CC2)C[C@H]1c1ncc(-c2ccc3cc(-c4ccc(-c5cnc([C@@H]6C[C@H](C#N)CN6C(=O)OC(C)(C)C)[nH]5)cc4)ccc3c2)[nH]1)C(C)C. The van der Waals surface area contributed by atoms with Gasteiger partial charge in [0.2, 0.25) is 5.91 Å². The van der Waals surface area contributed by atoms with E-state index in [1.807, 2.05) is 45.7 Å². The summed E-state index contributed by atoms with van der Waals surface area (Å²) in [6.07, 6.45) is 6.07. The number of ether oxygens (including phenoxy) is 2. The van der Waals surface area contributed by atoms with Gasteiger partial charge in [0, 0.05) is 18.7 Å². The molecule has 13 nitrogen and oxygen atoms in total. The first-order valence-corrected chi connectivity index (χ1v) is 20.0. The molecule has 3 amide bonds. The molecular weight excluding hydrogens is 733 g/mol. The number of hydrogen-bond donors (Lipinski definition) is 3. The number of aromatic nitrogens is 4. The number of carbonyl (C=O) groups is 3. The Balaban J connectivity index is 0.966. The van der Waals surface area contributed by atoms with Crippen molar-refractivity contribution < 1.29 is 23.9 Å². The van der Waals surface area contributed by atoms with Crippen LogP contribution in [0.4, 0.5) is 9.59 Å². The summed E-state index contributed by atoms with van der Waals surface area (Å²) in [5, 5.41) is 14.6. The third-order valence-corrected chi connectivity index (χ3v) is 11.8. The van der Waals surface area contributed by atoms with E-state index in [0.717, 1.165) is 69.5 Å². The standard InChI is InChI=1S/C45H50N8O5/c1-26(2)38(51-42(55)57-6)41(54)53-25-45(15-16-45)20-37(53)40-48-23-35(50-40)33-14-13-31-18-30(11-12-32(31)19-33)28-7-9-29(10-8-28)34-22-47-39(49-34)36-17-27(21-46)24-52(36)43(56)58-44(3,4)5/h7-14,18-19,22-23,26-27,36-38H,15-17,20,24-25H2,1-6H3,(H,47,49)(H,48,50)(H,51,55)/t27-,36+,37+,38+/m1/s1. The molecular formula is C45H50N8O5. The predicted octanol–water partition coefficient (Wildman–Crippen LogP) is 8.54. The Kier molecular flexibility index (Phi) is 9.99. The van der Waals surface area contributed by atoms with E-state index in [4.69, 9.17) is 14.5 Å². The number of aromatic amines is 2. The average Bonchev–Trinajstić information content (AvgIpc) is 3.71. The Morgan fingerprint density at radius 2 is 1.45 bits per heavy atom. The topological polar surface area (TPSA) is 169 Å². The summed E-state index contributed by atoms with van der Waals surface area (Å²) in [5.41, 5.74) is 5.30. The predicted molar refractivity (Wildman–Crippen MR) is 219 cm³/mol. The van der Waals surface area contributed by atoms with E-state index in [2.05, 4.69) is 87.0 Å². The molecule has 3 aromatic carbocycles. The Morgan fingerprint density at radius 1 is 0.862 bits per heavy atom. The number of amides is 3.